The largest absolute Gasteiger partial charge is 0.462 e. The zero-order valence-corrected chi connectivity index (χ0v) is 12.8. The van der Waals surface area contributed by atoms with Gasteiger partial charge >= 0.3 is 11.9 Å². The van der Waals surface area contributed by atoms with Crippen molar-refractivity contribution >= 4 is 11.9 Å². The molecule has 4 nitrogen and oxygen atoms in total. The molecule has 1 aliphatic carbocycles. The fourth-order valence-electron chi connectivity index (χ4n) is 3.76. The van der Waals surface area contributed by atoms with Crippen LogP contribution in [0.2, 0.25) is 0 Å². The standard InChI is InChI=1S/C17H22O4/c1-7-17(6)8-12(20-11(5)18)13-10(4)16(19)21-15(13)14(17)9(2)3/h7,12-15H,1-2,4,8H2,3,5-6H3. The second-order valence-electron chi connectivity index (χ2n) is 6.31. The summed E-state index contributed by atoms with van der Waals surface area (Å²) in [6, 6.07) is 0. The smallest absolute Gasteiger partial charge is 0.334 e. The van der Waals surface area contributed by atoms with Crippen LogP contribution < -0.4 is 0 Å². The Morgan fingerprint density at radius 2 is 2.10 bits per heavy atom. The Morgan fingerprint density at radius 1 is 1.48 bits per heavy atom. The number of esters is 2. The van der Waals surface area contributed by atoms with Gasteiger partial charge in [-0.3, -0.25) is 4.79 Å². The molecule has 0 spiro atoms. The van der Waals surface area contributed by atoms with Crippen LogP contribution in [0.5, 0.6) is 0 Å². The SMILES string of the molecule is C=CC1(C)CC(OC(C)=O)C2C(=C)C(=O)OC2C1C(=C)C. The van der Waals surface area contributed by atoms with Crippen LogP contribution in [0.4, 0.5) is 0 Å². The van der Waals surface area contributed by atoms with Crippen LogP contribution >= 0.6 is 0 Å². The molecule has 2 aliphatic rings. The van der Waals surface area contributed by atoms with E-state index in [0.717, 1.165) is 5.57 Å². The highest BCUT2D eigenvalue weighted by atomic mass is 16.6. The van der Waals surface area contributed by atoms with Crippen molar-refractivity contribution in [3.05, 3.63) is 37.0 Å². The number of carbonyl (C=O) groups is 2. The number of rotatable bonds is 3. The lowest BCUT2D eigenvalue weighted by Crippen LogP contribution is -2.51. The molecule has 1 heterocycles. The lowest BCUT2D eigenvalue weighted by Gasteiger charge is -2.48. The molecule has 5 unspecified atom stereocenters. The molecule has 0 aromatic carbocycles. The molecule has 114 valence electrons. The molecule has 0 N–H and O–H groups in total. The molecule has 0 bridgehead atoms. The van der Waals surface area contributed by atoms with Gasteiger partial charge in [0, 0.05) is 18.4 Å². The van der Waals surface area contributed by atoms with E-state index in [4.69, 9.17) is 9.47 Å². The monoisotopic (exact) mass is 290 g/mol. The normalized spacial score (nSPS) is 38.4. The zero-order chi connectivity index (χ0) is 15.9. The van der Waals surface area contributed by atoms with Crippen molar-refractivity contribution in [3.8, 4) is 0 Å². The van der Waals surface area contributed by atoms with Crippen LogP contribution in [-0.2, 0) is 19.1 Å². The molecule has 2 rings (SSSR count). The Hall–Kier alpha value is -1.84. The maximum Gasteiger partial charge on any atom is 0.334 e. The predicted molar refractivity (Wildman–Crippen MR) is 79.3 cm³/mol. The number of allylic oxidation sites excluding steroid dienone is 1. The van der Waals surface area contributed by atoms with Crippen molar-refractivity contribution in [2.24, 2.45) is 17.3 Å². The minimum atomic E-state index is -0.426. The maximum absolute atomic E-state index is 11.9. The average Bonchev–Trinajstić information content (AvgIpc) is 2.64. The van der Waals surface area contributed by atoms with Gasteiger partial charge in [0.25, 0.3) is 0 Å². The zero-order valence-electron chi connectivity index (χ0n) is 12.8. The summed E-state index contributed by atoms with van der Waals surface area (Å²) in [7, 11) is 0. The summed E-state index contributed by atoms with van der Waals surface area (Å²) in [4.78, 5) is 23.3. The molecule has 2 fully saturated rings. The number of carbonyl (C=O) groups excluding carboxylic acids is 2. The fourth-order valence-corrected chi connectivity index (χ4v) is 3.76. The van der Waals surface area contributed by atoms with Gasteiger partial charge < -0.3 is 9.47 Å². The van der Waals surface area contributed by atoms with Gasteiger partial charge in [0.15, 0.2) is 0 Å². The van der Waals surface area contributed by atoms with Gasteiger partial charge in [-0.2, -0.15) is 0 Å². The third-order valence-electron chi connectivity index (χ3n) is 4.66. The lowest BCUT2D eigenvalue weighted by atomic mass is 9.59. The van der Waals surface area contributed by atoms with E-state index in [1.165, 1.54) is 6.92 Å². The Kier molecular flexibility index (Phi) is 3.83. The molecule has 0 radical (unpaired) electrons. The second-order valence-corrected chi connectivity index (χ2v) is 6.31. The van der Waals surface area contributed by atoms with E-state index in [-0.39, 0.29) is 23.2 Å². The third kappa shape index (κ3) is 2.43. The Balaban J connectivity index is 2.48. The first kappa shape index (κ1) is 15.5. The van der Waals surface area contributed by atoms with Crippen molar-refractivity contribution in [1.82, 2.24) is 0 Å². The van der Waals surface area contributed by atoms with Gasteiger partial charge in [-0.1, -0.05) is 31.7 Å². The third-order valence-corrected chi connectivity index (χ3v) is 4.66. The van der Waals surface area contributed by atoms with Gasteiger partial charge in [-0.25, -0.2) is 4.79 Å². The van der Waals surface area contributed by atoms with Crippen molar-refractivity contribution < 1.29 is 19.1 Å². The molecule has 4 heteroatoms. The first-order valence-electron chi connectivity index (χ1n) is 7.07. The van der Waals surface area contributed by atoms with Crippen LogP contribution in [0.1, 0.15) is 27.2 Å². The summed E-state index contributed by atoms with van der Waals surface area (Å²) in [5, 5.41) is 0. The Morgan fingerprint density at radius 3 is 2.57 bits per heavy atom. The lowest BCUT2D eigenvalue weighted by molar-refractivity contribution is -0.160. The molecular weight excluding hydrogens is 268 g/mol. The molecule has 1 aliphatic heterocycles. The molecule has 0 amide bonds. The van der Waals surface area contributed by atoms with Gasteiger partial charge in [0.1, 0.15) is 12.2 Å². The number of fused-ring (bicyclic) bond motifs is 1. The van der Waals surface area contributed by atoms with E-state index in [0.29, 0.717) is 12.0 Å². The highest BCUT2D eigenvalue weighted by Gasteiger charge is 2.57. The van der Waals surface area contributed by atoms with Crippen molar-refractivity contribution in [1.29, 1.82) is 0 Å². The summed E-state index contributed by atoms with van der Waals surface area (Å²) in [6.07, 6.45) is 1.59. The molecule has 1 saturated heterocycles. The van der Waals surface area contributed by atoms with Crippen molar-refractivity contribution in [2.75, 3.05) is 0 Å². The van der Waals surface area contributed by atoms with Crippen molar-refractivity contribution in [2.45, 2.75) is 39.4 Å². The molecule has 5 atom stereocenters. The van der Waals surface area contributed by atoms with Crippen LogP contribution in [0.15, 0.2) is 37.0 Å². The van der Waals surface area contributed by atoms with Crippen LogP contribution in [0, 0.1) is 17.3 Å². The van der Waals surface area contributed by atoms with Gasteiger partial charge in [-0.15, -0.1) is 6.58 Å². The van der Waals surface area contributed by atoms with Gasteiger partial charge in [-0.05, 0) is 18.8 Å². The van der Waals surface area contributed by atoms with E-state index in [2.05, 4.69) is 19.7 Å². The topological polar surface area (TPSA) is 52.6 Å². The van der Waals surface area contributed by atoms with Crippen LogP contribution in [0.3, 0.4) is 0 Å². The first-order chi connectivity index (χ1) is 9.71. The molecule has 0 aromatic heterocycles. The van der Waals surface area contributed by atoms with Crippen LogP contribution in [-0.4, -0.2) is 24.1 Å². The quantitative estimate of drug-likeness (QED) is 0.455. The first-order valence-corrected chi connectivity index (χ1v) is 7.07. The Bertz CT molecular complexity index is 533. The fraction of sp³-hybridized carbons (Fsp3) is 0.529. The minimum absolute atomic E-state index is 0.0602. The van der Waals surface area contributed by atoms with Crippen LogP contribution in [0.25, 0.3) is 0 Å². The highest BCUT2D eigenvalue weighted by molar-refractivity contribution is 5.91. The Labute approximate surface area is 125 Å². The average molecular weight is 290 g/mol. The molecule has 0 aromatic rings. The molecule has 21 heavy (non-hydrogen) atoms. The van der Waals surface area contributed by atoms with E-state index in [1.807, 2.05) is 19.9 Å². The number of hydrogen-bond acceptors (Lipinski definition) is 4. The van der Waals surface area contributed by atoms with E-state index in [1.54, 1.807) is 0 Å². The van der Waals surface area contributed by atoms with Gasteiger partial charge in [0.05, 0.1) is 5.92 Å². The second kappa shape index (κ2) is 5.17. The summed E-state index contributed by atoms with van der Waals surface area (Å²) in [6.45, 7) is 17.1. The van der Waals surface area contributed by atoms with E-state index in [9.17, 15) is 9.59 Å². The van der Waals surface area contributed by atoms with Crippen molar-refractivity contribution in [3.63, 3.8) is 0 Å². The summed E-state index contributed by atoms with van der Waals surface area (Å²) >= 11 is 0. The summed E-state index contributed by atoms with van der Waals surface area (Å²) in [5.74, 6) is -1.15. The van der Waals surface area contributed by atoms with Gasteiger partial charge in [0.2, 0.25) is 0 Å². The highest BCUT2D eigenvalue weighted by Crippen LogP contribution is 2.53. The summed E-state index contributed by atoms with van der Waals surface area (Å²) < 4.78 is 11.0. The number of ether oxygens (including phenoxy) is 2. The van der Waals surface area contributed by atoms with E-state index >= 15 is 0 Å². The number of hydrogen-bond donors (Lipinski definition) is 0. The predicted octanol–water partition coefficient (Wildman–Crippen LogP) is 2.80. The molecular formula is C17H22O4. The maximum atomic E-state index is 11.9. The molecule has 1 saturated carbocycles. The summed E-state index contributed by atoms with van der Waals surface area (Å²) in [5.41, 5.74) is 0.956. The van der Waals surface area contributed by atoms with E-state index < -0.39 is 18.2 Å². The minimum Gasteiger partial charge on any atom is -0.462 e.